The number of aromatic nitrogens is 2. The molecule has 2 aliphatic rings. The highest BCUT2D eigenvalue weighted by Crippen LogP contribution is 2.36. The lowest BCUT2D eigenvalue weighted by Gasteiger charge is -2.41. The van der Waals surface area contributed by atoms with Crippen molar-refractivity contribution in [1.82, 2.24) is 14.7 Å². The first-order valence-corrected chi connectivity index (χ1v) is 10.3. The van der Waals surface area contributed by atoms with Gasteiger partial charge in [-0.25, -0.2) is 4.68 Å². The third-order valence-corrected chi connectivity index (χ3v) is 6.19. The molecule has 1 aliphatic heterocycles. The predicted molar refractivity (Wildman–Crippen MR) is 107 cm³/mol. The first kappa shape index (κ1) is 18.2. The van der Waals surface area contributed by atoms with Gasteiger partial charge in [0.15, 0.2) is 5.69 Å². The van der Waals surface area contributed by atoms with E-state index >= 15 is 0 Å². The topological polar surface area (TPSA) is 55.2 Å². The van der Waals surface area contributed by atoms with Crippen LogP contribution in [0.1, 0.15) is 56.4 Å². The Balaban J connectivity index is 1.70. The molecule has 1 saturated carbocycles. The van der Waals surface area contributed by atoms with E-state index in [1.165, 1.54) is 30.4 Å². The first-order valence-electron chi connectivity index (χ1n) is 10.3. The SMILES string of the molecule is CC(C)Cn1nc(C(=O)N2CC[C@@H]3CCCC[C@@H]3C2)c2ccccc2c1=O. The number of fused-ring (bicyclic) bond motifs is 2. The lowest BCUT2D eigenvalue weighted by atomic mass is 9.75. The normalized spacial score (nSPS) is 22.9. The van der Waals surface area contributed by atoms with Crippen molar-refractivity contribution in [3.8, 4) is 0 Å². The molecule has 0 unspecified atom stereocenters. The summed E-state index contributed by atoms with van der Waals surface area (Å²) in [5, 5.41) is 5.80. The van der Waals surface area contributed by atoms with Gasteiger partial charge in [-0.3, -0.25) is 9.59 Å². The molecule has 5 heteroatoms. The Morgan fingerprint density at radius 1 is 1.11 bits per heavy atom. The van der Waals surface area contributed by atoms with Gasteiger partial charge in [-0.2, -0.15) is 5.10 Å². The highest BCUT2D eigenvalue weighted by Gasteiger charge is 2.34. The molecule has 27 heavy (non-hydrogen) atoms. The molecular weight excluding hydrogens is 338 g/mol. The summed E-state index contributed by atoms with van der Waals surface area (Å²) in [6, 6.07) is 7.38. The van der Waals surface area contributed by atoms with Crippen molar-refractivity contribution in [3.63, 3.8) is 0 Å². The van der Waals surface area contributed by atoms with Gasteiger partial charge in [0, 0.05) is 25.0 Å². The summed E-state index contributed by atoms with van der Waals surface area (Å²) in [5.41, 5.74) is 0.321. The van der Waals surface area contributed by atoms with Gasteiger partial charge in [0.2, 0.25) is 0 Å². The Morgan fingerprint density at radius 2 is 1.81 bits per heavy atom. The van der Waals surface area contributed by atoms with E-state index in [2.05, 4.69) is 18.9 Å². The number of amides is 1. The van der Waals surface area contributed by atoms with Gasteiger partial charge in [0.25, 0.3) is 11.5 Å². The average Bonchev–Trinajstić information content (AvgIpc) is 2.69. The largest absolute Gasteiger partial charge is 0.337 e. The van der Waals surface area contributed by atoms with Crippen LogP contribution in [0.5, 0.6) is 0 Å². The maximum atomic E-state index is 13.4. The van der Waals surface area contributed by atoms with E-state index in [9.17, 15) is 9.59 Å². The van der Waals surface area contributed by atoms with Crippen molar-refractivity contribution < 1.29 is 4.79 Å². The Morgan fingerprint density at radius 3 is 2.56 bits per heavy atom. The summed E-state index contributed by atoms with van der Waals surface area (Å²) in [6.45, 7) is 6.27. The second-order valence-electron chi connectivity index (χ2n) is 8.62. The molecule has 144 valence electrons. The molecule has 1 saturated heterocycles. The van der Waals surface area contributed by atoms with Crippen molar-refractivity contribution in [3.05, 3.63) is 40.3 Å². The van der Waals surface area contributed by atoms with Crippen LogP contribution in [0.25, 0.3) is 10.8 Å². The van der Waals surface area contributed by atoms with Crippen LogP contribution in [0.2, 0.25) is 0 Å². The van der Waals surface area contributed by atoms with Gasteiger partial charge in [0.05, 0.1) is 5.39 Å². The number of benzene rings is 1. The maximum Gasteiger partial charge on any atom is 0.274 e. The summed E-state index contributed by atoms with van der Waals surface area (Å²) in [5.74, 6) is 1.68. The third kappa shape index (κ3) is 3.52. The highest BCUT2D eigenvalue weighted by atomic mass is 16.2. The molecular formula is C22H29N3O2. The zero-order valence-corrected chi connectivity index (χ0v) is 16.4. The fourth-order valence-corrected chi connectivity index (χ4v) is 4.80. The van der Waals surface area contributed by atoms with E-state index in [0.29, 0.717) is 28.9 Å². The molecule has 4 rings (SSSR count). The van der Waals surface area contributed by atoms with E-state index in [1.807, 2.05) is 23.1 Å². The Bertz CT molecular complexity index is 902. The van der Waals surface area contributed by atoms with Crippen LogP contribution in [0.3, 0.4) is 0 Å². The monoisotopic (exact) mass is 367 g/mol. The zero-order chi connectivity index (χ0) is 19.0. The van der Waals surface area contributed by atoms with Crippen molar-refractivity contribution in [2.45, 2.75) is 52.5 Å². The number of hydrogen-bond donors (Lipinski definition) is 0. The first-order chi connectivity index (χ1) is 13.0. The van der Waals surface area contributed by atoms with Crippen molar-refractivity contribution in [1.29, 1.82) is 0 Å². The van der Waals surface area contributed by atoms with Gasteiger partial charge in [0.1, 0.15) is 0 Å². The summed E-state index contributed by atoms with van der Waals surface area (Å²) < 4.78 is 1.48. The molecule has 1 aromatic heterocycles. The molecule has 1 amide bonds. The van der Waals surface area contributed by atoms with Crippen LogP contribution < -0.4 is 5.56 Å². The fourth-order valence-electron chi connectivity index (χ4n) is 4.80. The van der Waals surface area contributed by atoms with Gasteiger partial charge < -0.3 is 4.90 Å². The molecule has 1 aliphatic carbocycles. The molecule has 1 aromatic carbocycles. The summed E-state index contributed by atoms with van der Waals surface area (Å²) in [6.07, 6.45) is 6.26. The molecule has 2 atom stereocenters. The van der Waals surface area contributed by atoms with E-state index in [4.69, 9.17) is 0 Å². The highest BCUT2D eigenvalue weighted by molar-refractivity contribution is 6.04. The van der Waals surface area contributed by atoms with Crippen LogP contribution in [-0.4, -0.2) is 33.7 Å². The summed E-state index contributed by atoms with van der Waals surface area (Å²) in [7, 11) is 0. The van der Waals surface area contributed by atoms with Crippen LogP contribution >= 0.6 is 0 Å². The lowest BCUT2D eigenvalue weighted by molar-refractivity contribution is 0.0515. The third-order valence-electron chi connectivity index (χ3n) is 6.19. The van der Waals surface area contributed by atoms with Crippen molar-refractivity contribution in [2.75, 3.05) is 13.1 Å². The van der Waals surface area contributed by atoms with Gasteiger partial charge in [-0.1, -0.05) is 51.3 Å². The number of nitrogens with zero attached hydrogens (tertiary/aromatic N) is 3. The van der Waals surface area contributed by atoms with Crippen molar-refractivity contribution >= 4 is 16.7 Å². The number of carbonyl (C=O) groups is 1. The summed E-state index contributed by atoms with van der Waals surface area (Å²) >= 11 is 0. The predicted octanol–water partition coefficient (Wildman–Crippen LogP) is 3.70. The molecule has 0 N–H and O–H groups in total. The second-order valence-corrected chi connectivity index (χ2v) is 8.62. The lowest BCUT2D eigenvalue weighted by Crippen LogP contribution is -2.45. The Kier molecular flexibility index (Phi) is 5.02. The second kappa shape index (κ2) is 7.45. The van der Waals surface area contributed by atoms with Crippen LogP contribution in [-0.2, 0) is 6.54 Å². The number of hydrogen-bond acceptors (Lipinski definition) is 3. The number of piperidine rings is 1. The van der Waals surface area contributed by atoms with E-state index in [1.54, 1.807) is 6.07 Å². The van der Waals surface area contributed by atoms with E-state index in [-0.39, 0.29) is 17.4 Å². The molecule has 0 bridgehead atoms. The zero-order valence-electron chi connectivity index (χ0n) is 16.4. The number of likely N-dealkylation sites (tertiary alicyclic amines) is 1. The van der Waals surface area contributed by atoms with Crippen LogP contribution in [0.15, 0.2) is 29.1 Å². The minimum Gasteiger partial charge on any atom is -0.337 e. The molecule has 2 fully saturated rings. The van der Waals surface area contributed by atoms with Gasteiger partial charge in [-0.05, 0) is 36.7 Å². The van der Waals surface area contributed by atoms with Crippen molar-refractivity contribution in [2.24, 2.45) is 17.8 Å². The number of carbonyl (C=O) groups excluding carboxylic acids is 1. The summed E-state index contributed by atoms with van der Waals surface area (Å²) in [4.78, 5) is 28.1. The average molecular weight is 367 g/mol. The van der Waals surface area contributed by atoms with Crippen LogP contribution in [0.4, 0.5) is 0 Å². The number of rotatable bonds is 3. The quantitative estimate of drug-likeness (QED) is 0.831. The maximum absolute atomic E-state index is 13.4. The Hall–Kier alpha value is -2.17. The van der Waals surface area contributed by atoms with E-state index in [0.717, 1.165) is 25.4 Å². The molecule has 0 spiro atoms. The molecule has 5 nitrogen and oxygen atoms in total. The minimum absolute atomic E-state index is 0.0206. The molecule has 2 aromatic rings. The fraction of sp³-hybridized carbons (Fsp3) is 0.591. The standard InChI is InChI=1S/C22H29N3O2/c1-15(2)13-25-21(26)19-10-6-5-9-18(19)20(23-25)22(27)24-12-11-16-7-3-4-8-17(16)14-24/h5-6,9-10,15-17H,3-4,7-8,11-14H2,1-2H3/t16-,17+/m0/s1. The smallest absolute Gasteiger partial charge is 0.274 e. The van der Waals surface area contributed by atoms with Gasteiger partial charge in [-0.15, -0.1) is 0 Å². The van der Waals surface area contributed by atoms with Gasteiger partial charge >= 0.3 is 0 Å². The molecule has 2 heterocycles. The minimum atomic E-state index is -0.109. The Labute approximate surface area is 160 Å². The van der Waals surface area contributed by atoms with E-state index < -0.39 is 0 Å². The van der Waals surface area contributed by atoms with Crippen LogP contribution in [0, 0.1) is 17.8 Å². The molecule has 0 radical (unpaired) electrons.